The zero-order valence-electron chi connectivity index (χ0n) is 16.5. The van der Waals surface area contributed by atoms with Crippen LogP contribution in [0.2, 0.25) is 0 Å². The van der Waals surface area contributed by atoms with Crippen LogP contribution in [-0.2, 0) is 12.8 Å². The van der Waals surface area contributed by atoms with Crippen LogP contribution in [0.3, 0.4) is 0 Å². The van der Waals surface area contributed by atoms with E-state index < -0.39 is 0 Å². The summed E-state index contributed by atoms with van der Waals surface area (Å²) in [7, 11) is 3.34. The molecule has 0 fully saturated rings. The van der Waals surface area contributed by atoms with Gasteiger partial charge in [0, 0.05) is 35.3 Å². The minimum absolute atomic E-state index is 0.735. The van der Waals surface area contributed by atoms with Gasteiger partial charge in [-0.25, -0.2) is 0 Å². The zero-order chi connectivity index (χ0) is 19.5. The Bertz CT molecular complexity index is 1140. The number of fused-ring (bicyclic) bond motifs is 2. The van der Waals surface area contributed by atoms with Gasteiger partial charge in [-0.15, -0.1) is 0 Å². The Labute approximate surface area is 165 Å². The van der Waals surface area contributed by atoms with Crippen molar-refractivity contribution < 1.29 is 9.47 Å². The second kappa shape index (κ2) is 7.85. The highest BCUT2D eigenvalue weighted by Gasteiger charge is 2.14. The molecule has 0 radical (unpaired) electrons. The van der Waals surface area contributed by atoms with Crippen molar-refractivity contribution in [3.63, 3.8) is 0 Å². The Kier molecular flexibility index (Phi) is 5.11. The van der Waals surface area contributed by atoms with Crippen molar-refractivity contribution in [2.75, 3.05) is 14.2 Å². The Balaban J connectivity index is 1.84. The molecule has 2 aromatic heterocycles. The van der Waals surface area contributed by atoms with Gasteiger partial charge in [-0.05, 0) is 47.2 Å². The SMILES string of the molecule is CCCc1ncc(Cc2cnc3ccccc3c2)c2cc(OC)c(OC)cc12. The molecule has 142 valence electrons. The van der Waals surface area contributed by atoms with Gasteiger partial charge in [0.1, 0.15) is 0 Å². The first-order valence-corrected chi connectivity index (χ1v) is 9.59. The van der Waals surface area contributed by atoms with E-state index in [2.05, 4.69) is 30.1 Å². The second-order valence-corrected chi connectivity index (χ2v) is 6.95. The van der Waals surface area contributed by atoms with Gasteiger partial charge in [0.05, 0.1) is 19.7 Å². The van der Waals surface area contributed by atoms with Crippen molar-refractivity contribution in [3.05, 3.63) is 71.7 Å². The van der Waals surface area contributed by atoms with Crippen LogP contribution in [0.1, 0.15) is 30.2 Å². The van der Waals surface area contributed by atoms with Gasteiger partial charge in [-0.1, -0.05) is 31.5 Å². The molecular formula is C24H24N2O2. The van der Waals surface area contributed by atoms with Crippen LogP contribution in [0.4, 0.5) is 0 Å². The maximum atomic E-state index is 5.55. The van der Waals surface area contributed by atoms with Crippen LogP contribution >= 0.6 is 0 Å². The van der Waals surface area contributed by atoms with E-state index >= 15 is 0 Å². The van der Waals surface area contributed by atoms with Gasteiger partial charge in [0.25, 0.3) is 0 Å². The van der Waals surface area contributed by atoms with Gasteiger partial charge in [0.2, 0.25) is 0 Å². The molecule has 0 saturated carbocycles. The molecule has 4 nitrogen and oxygen atoms in total. The molecule has 4 aromatic rings. The normalized spacial score (nSPS) is 11.1. The maximum Gasteiger partial charge on any atom is 0.161 e. The molecule has 0 aliphatic carbocycles. The minimum atomic E-state index is 0.735. The van der Waals surface area contributed by atoms with Crippen LogP contribution in [0, 0.1) is 0 Å². The van der Waals surface area contributed by atoms with E-state index in [1.807, 2.05) is 36.7 Å². The highest BCUT2D eigenvalue weighted by Crippen LogP contribution is 2.35. The number of nitrogens with zero attached hydrogens (tertiary/aromatic N) is 2. The van der Waals surface area contributed by atoms with Crippen molar-refractivity contribution >= 4 is 21.7 Å². The van der Waals surface area contributed by atoms with E-state index in [0.29, 0.717) is 0 Å². The Morgan fingerprint density at radius 3 is 2.36 bits per heavy atom. The third-order valence-corrected chi connectivity index (χ3v) is 5.09. The van der Waals surface area contributed by atoms with Crippen LogP contribution in [-0.4, -0.2) is 24.2 Å². The standard InChI is InChI=1S/C24H24N2O2/c1-4-7-22-20-13-24(28-3)23(27-2)12-19(20)18(15-26-22)11-16-10-17-8-5-6-9-21(17)25-14-16/h5-6,8-10,12-15H,4,7,11H2,1-3H3. The summed E-state index contributed by atoms with van der Waals surface area (Å²) in [6.45, 7) is 2.17. The molecule has 0 unspecified atom stereocenters. The fraction of sp³-hybridized carbons (Fsp3) is 0.250. The molecule has 0 saturated heterocycles. The fourth-order valence-corrected chi connectivity index (χ4v) is 3.69. The van der Waals surface area contributed by atoms with Gasteiger partial charge in [-0.2, -0.15) is 0 Å². The summed E-state index contributed by atoms with van der Waals surface area (Å²) in [5.74, 6) is 1.47. The predicted octanol–water partition coefficient (Wildman–Crippen LogP) is 5.34. The van der Waals surface area contributed by atoms with Crippen molar-refractivity contribution in [1.29, 1.82) is 0 Å². The minimum Gasteiger partial charge on any atom is -0.493 e. The van der Waals surface area contributed by atoms with E-state index in [9.17, 15) is 0 Å². The molecule has 0 spiro atoms. The van der Waals surface area contributed by atoms with Crippen LogP contribution in [0.15, 0.2) is 54.9 Å². The molecular weight excluding hydrogens is 348 g/mol. The highest BCUT2D eigenvalue weighted by molar-refractivity contribution is 5.91. The summed E-state index contributed by atoms with van der Waals surface area (Å²) in [5.41, 5.74) is 4.44. The smallest absolute Gasteiger partial charge is 0.161 e. The van der Waals surface area contributed by atoms with Gasteiger partial charge in [-0.3, -0.25) is 9.97 Å². The number of hydrogen-bond acceptors (Lipinski definition) is 4. The molecule has 0 aliphatic heterocycles. The molecule has 0 atom stereocenters. The number of para-hydroxylation sites is 1. The lowest BCUT2D eigenvalue weighted by atomic mass is 9.97. The summed E-state index contributed by atoms with van der Waals surface area (Å²) < 4.78 is 11.1. The quantitative estimate of drug-likeness (QED) is 0.458. The van der Waals surface area contributed by atoms with Gasteiger partial charge >= 0.3 is 0 Å². The third kappa shape index (κ3) is 3.38. The topological polar surface area (TPSA) is 44.2 Å². The maximum absolute atomic E-state index is 5.55. The molecule has 0 aliphatic rings. The Morgan fingerprint density at radius 1 is 0.857 bits per heavy atom. The van der Waals surface area contributed by atoms with E-state index in [1.54, 1.807) is 14.2 Å². The average Bonchev–Trinajstić information content (AvgIpc) is 2.74. The van der Waals surface area contributed by atoms with E-state index in [-0.39, 0.29) is 0 Å². The van der Waals surface area contributed by atoms with Crippen LogP contribution < -0.4 is 9.47 Å². The highest BCUT2D eigenvalue weighted by atomic mass is 16.5. The number of aromatic nitrogens is 2. The molecule has 28 heavy (non-hydrogen) atoms. The number of methoxy groups -OCH3 is 2. The van der Waals surface area contributed by atoms with Gasteiger partial charge in [0.15, 0.2) is 11.5 Å². The molecule has 2 heterocycles. The molecule has 4 heteroatoms. The summed E-state index contributed by atoms with van der Waals surface area (Å²) in [4.78, 5) is 9.37. The van der Waals surface area contributed by atoms with Gasteiger partial charge < -0.3 is 9.47 Å². The predicted molar refractivity (Wildman–Crippen MR) is 113 cm³/mol. The van der Waals surface area contributed by atoms with Crippen molar-refractivity contribution in [2.24, 2.45) is 0 Å². The van der Waals surface area contributed by atoms with Crippen molar-refractivity contribution in [1.82, 2.24) is 9.97 Å². The second-order valence-electron chi connectivity index (χ2n) is 6.95. The lowest BCUT2D eigenvalue weighted by molar-refractivity contribution is 0.356. The van der Waals surface area contributed by atoms with Crippen molar-refractivity contribution in [3.8, 4) is 11.5 Å². The van der Waals surface area contributed by atoms with Crippen LogP contribution in [0.5, 0.6) is 11.5 Å². The number of benzene rings is 2. The Hall–Kier alpha value is -3.14. The summed E-state index contributed by atoms with van der Waals surface area (Å²) in [6, 6.07) is 14.5. The fourth-order valence-electron chi connectivity index (χ4n) is 3.69. The number of hydrogen-bond donors (Lipinski definition) is 0. The first kappa shape index (κ1) is 18.2. The Morgan fingerprint density at radius 2 is 1.61 bits per heavy atom. The average molecular weight is 372 g/mol. The van der Waals surface area contributed by atoms with Crippen molar-refractivity contribution in [2.45, 2.75) is 26.2 Å². The largest absolute Gasteiger partial charge is 0.493 e. The first-order valence-electron chi connectivity index (χ1n) is 9.59. The molecule has 2 aromatic carbocycles. The molecule has 0 bridgehead atoms. The summed E-state index contributed by atoms with van der Waals surface area (Å²) in [5, 5.41) is 3.44. The first-order chi connectivity index (χ1) is 13.7. The number of pyridine rings is 2. The lowest BCUT2D eigenvalue weighted by Crippen LogP contribution is -1.99. The molecule has 0 amide bonds. The van der Waals surface area contributed by atoms with Crippen LogP contribution in [0.25, 0.3) is 21.7 Å². The third-order valence-electron chi connectivity index (χ3n) is 5.09. The summed E-state index contributed by atoms with van der Waals surface area (Å²) >= 11 is 0. The molecule has 4 rings (SSSR count). The monoisotopic (exact) mass is 372 g/mol. The van der Waals surface area contributed by atoms with E-state index in [4.69, 9.17) is 14.5 Å². The van der Waals surface area contributed by atoms with E-state index in [0.717, 1.165) is 63.7 Å². The zero-order valence-corrected chi connectivity index (χ0v) is 16.5. The van der Waals surface area contributed by atoms with E-state index in [1.165, 1.54) is 5.56 Å². The number of ether oxygens (including phenoxy) is 2. The number of aryl methyl sites for hydroxylation is 1. The summed E-state index contributed by atoms with van der Waals surface area (Å²) in [6.07, 6.45) is 6.70. The lowest BCUT2D eigenvalue weighted by Gasteiger charge is -2.14. The molecule has 0 N–H and O–H groups in total. The number of rotatable bonds is 6.